The fourth-order valence-electron chi connectivity index (χ4n) is 2.90. The van der Waals surface area contributed by atoms with Gasteiger partial charge < -0.3 is 4.90 Å². The molecule has 1 rings (SSSR count). The SMILES string of the molecule is CCC1CC(C)CC(CN(C)C)C1. The Morgan fingerprint density at radius 3 is 2.23 bits per heavy atom. The van der Waals surface area contributed by atoms with E-state index in [-0.39, 0.29) is 0 Å². The summed E-state index contributed by atoms with van der Waals surface area (Å²) >= 11 is 0. The molecule has 0 radical (unpaired) electrons. The summed E-state index contributed by atoms with van der Waals surface area (Å²) in [6.45, 7) is 6.06. The smallest absolute Gasteiger partial charge is 0.000376 e. The largest absolute Gasteiger partial charge is 0.309 e. The highest BCUT2D eigenvalue weighted by Gasteiger charge is 2.25. The Bertz CT molecular complexity index is 140. The number of rotatable bonds is 3. The van der Waals surface area contributed by atoms with E-state index in [4.69, 9.17) is 0 Å². The lowest BCUT2D eigenvalue weighted by atomic mass is 9.75. The topological polar surface area (TPSA) is 3.24 Å². The van der Waals surface area contributed by atoms with E-state index >= 15 is 0 Å². The summed E-state index contributed by atoms with van der Waals surface area (Å²) in [5, 5.41) is 0. The summed E-state index contributed by atoms with van der Waals surface area (Å²) in [6, 6.07) is 0. The first-order valence-corrected chi connectivity index (χ1v) is 5.76. The van der Waals surface area contributed by atoms with E-state index < -0.39 is 0 Å². The van der Waals surface area contributed by atoms with Crippen LogP contribution in [0.25, 0.3) is 0 Å². The quantitative estimate of drug-likeness (QED) is 0.650. The van der Waals surface area contributed by atoms with Gasteiger partial charge in [-0.3, -0.25) is 0 Å². The molecule has 0 saturated heterocycles. The average Bonchev–Trinajstić information content (AvgIpc) is 2.01. The van der Waals surface area contributed by atoms with Crippen molar-refractivity contribution in [2.75, 3.05) is 20.6 Å². The van der Waals surface area contributed by atoms with E-state index in [9.17, 15) is 0 Å². The van der Waals surface area contributed by atoms with E-state index in [0.29, 0.717) is 0 Å². The molecule has 0 aromatic rings. The van der Waals surface area contributed by atoms with E-state index in [0.717, 1.165) is 17.8 Å². The van der Waals surface area contributed by atoms with Gasteiger partial charge in [-0.1, -0.05) is 20.3 Å². The lowest BCUT2D eigenvalue weighted by Gasteiger charge is -2.34. The zero-order valence-corrected chi connectivity index (χ0v) is 9.71. The summed E-state index contributed by atoms with van der Waals surface area (Å²) in [4.78, 5) is 2.34. The predicted octanol–water partition coefficient (Wildman–Crippen LogP) is 3.01. The number of nitrogens with zero attached hydrogens (tertiary/aromatic N) is 1. The molecule has 0 aromatic heterocycles. The maximum atomic E-state index is 2.42. The van der Waals surface area contributed by atoms with Crippen LogP contribution in [0.1, 0.15) is 39.5 Å². The lowest BCUT2D eigenvalue weighted by Crippen LogP contribution is -2.29. The van der Waals surface area contributed by atoms with Gasteiger partial charge in [-0.15, -0.1) is 0 Å². The highest BCUT2D eigenvalue weighted by atomic mass is 15.1. The molecule has 0 aromatic carbocycles. The molecule has 13 heavy (non-hydrogen) atoms. The van der Waals surface area contributed by atoms with Crippen LogP contribution in [0, 0.1) is 17.8 Å². The van der Waals surface area contributed by atoms with Crippen LogP contribution < -0.4 is 0 Å². The Morgan fingerprint density at radius 2 is 1.69 bits per heavy atom. The van der Waals surface area contributed by atoms with E-state index in [1.165, 1.54) is 32.2 Å². The molecule has 1 aliphatic carbocycles. The molecule has 1 fully saturated rings. The fraction of sp³-hybridized carbons (Fsp3) is 1.00. The zero-order chi connectivity index (χ0) is 9.84. The number of hydrogen-bond donors (Lipinski definition) is 0. The van der Waals surface area contributed by atoms with Gasteiger partial charge in [0, 0.05) is 6.54 Å². The first-order valence-electron chi connectivity index (χ1n) is 5.76. The third-order valence-corrected chi connectivity index (χ3v) is 3.34. The second kappa shape index (κ2) is 4.99. The van der Waals surface area contributed by atoms with Crippen molar-refractivity contribution < 1.29 is 0 Å². The molecule has 1 aliphatic rings. The van der Waals surface area contributed by atoms with Crippen LogP contribution >= 0.6 is 0 Å². The minimum atomic E-state index is 0.962. The van der Waals surface area contributed by atoms with Gasteiger partial charge in [-0.2, -0.15) is 0 Å². The molecule has 1 heteroatoms. The van der Waals surface area contributed by atoms with Crippen molar-refractivity contribution in [2.45, 2.75) is 39.5 Å². The van der Waals surface area contributed by atoms with Crippen LogP contribution in [-0.2, 0) is 0 Å². The summed E-state index contributed by atoms with van der Waals surface area (Å²) in [7, 11) is 4.39. The van der Waals surface area contributed by atoms with Crippen molar-refractivity contribution in [1.82, 2.24) is 4.90 Å². The highest BCUT2D eigenvalue weighted by Crippen LogP contribution is 2.34. The second-order valence-electron chi connectivity index (χ2n) is 5.21. The van der Waals surface area contributed by atoms with Gasteiger partial charge in [0.25, 0.3) is 0 Å². The van der Waals surface area contributed by atoms with Gasteiger partial charge in [0.2, 0.25) is 0 Å². The molecule has 3 atom stereocenters. The fourth-order valence-corrected chi connectivity index (χ4v) is 2.90. The van der Waals surface area contributed by atoms with Crippen molar-refractivity contribution in [3.8, 4) is 0 Å². The molecule has 0 bridgehead atoms. The molecular formula is C12H25N. The molecule has 0 heterocycles. The second-order valence-corrected chi connectivity index (χ2v) is 5.21. The molecule has 0 N–H and O–H groups in total. The minimum absolute atomic E-state index is 0.962. The van der Waals surface area contributed by atoms with E-state index in [1.807, 2.05) is 0 Å². The maximum Gasteiger partial charge on any atom is 0.000376 e. The molecule has 0 aliphatic heterocycles. The Hall–Kier alpha value is -0.0400. The van der Waals surface area contributed by atoms with Gasteiger partial charge >= 0.3 is 0 Å². The van der Waals surface area contributed by atoms with Crippen LogP contribution in [0.4, 0.5) is 0 Å². The number of hydrogen-bond acceptors (Lipinski definition) is 1. The van der Waals surface area contributed by atoms with Gasteiger partial charge in [-0.25, -0.2) is 0 Å². The first kappa shape index (κ1) is 11.0. The molecule has 78 valence electrons. The van der Waals surface area contributed by atoms with Crippen molar-refractivity contribution in [1.29, 1.82) is 0 Å². The summed E-state index contributed by atoms with van der Waals surface area (Å²) < 4.78 is 0. The molecule has 1 nitrogen and oxygen atoms in total. The van der Waals surface area contributed by atoms with Crippen molar-refractivity contribution in [3.05, 3.63) is 0 Å². The molecule has 0 spiro atoms. The van der Waals surface area contributed by atoms with Crippen molar-refractivity contribution in [3.63, 3.8) is 0 Å². The Balaban J connectivity index is 2.37. The first-order chi connectivity index (χ1) is 6.11. The summed E-state index contributed by atoms with van der Waals surface area (Å²) in [5.74, 6) is 2.93. The van der Waals surface area contributed by atoms with Crippen LogP contribution in [0.5, 0.6) is 0 Å². The summed E-state index contributed by atoms with van der Waals surface area (Å²) in [5.41, 5.74) is 0. The van der Waals surface area contributed by atoms with Gasteiger partial charge in [-0.05, 0) is 51.1 Å². The molecule has 3 unspecified atom stereocenters. The monoisotopic (exact) mass is 183 g/mol. The van der Waals surface area contributed by atoms with Crippen LogP contribution in [-0.4, -0.2) is 25.5 Å². The Labute approximate surface area is 83.5 Å². The highest BCUT2D eigenvalue weighted by molar-refractivity contribution is 4.77. The Morgan fingerprint density at radius 1 is 1.08 bits per heavy atom. The maximum absolute atomic E-state index is 2.42. The standard InChI is InChI=1S/C12H25N/c1-5-11-6-10(2)7-12(8-11)9-13(3)4/h10-12H,5-9H2,1-4H3. The molecular weight excluding hydrogens is 158 g/mol. The Kier molecular flexibility index (Phi) is 4.24. The third kappa shape index (κ3) is 3.68. The minimum Gasteiger partial charge on any atom is -0.309 e. The molecule has 0 amide bonds. The van der Waals surface area contributed by atoms with Gasteiger partial charge in [0.15, 0.2) is 0 Å². The third-order valence-electron chi connectivity index (χ3n) is 3.34. The van der Waals surface area contributed by atoms with Crippen LogP contribution in [0.2, 0.25) is 0 Å². The van der Waals surface area contributed by atoms with Gasteiger partial charge in [0.1, 0.15) is 0 Å². The van der Waals surface area contributed by atoms with Crippen LogP contribution in [0.15, 0.2) is 0 Å². The summed E-state index contributed by atoms with van der Waals surface area (Å²) in [6.07, 6.45) is 5.78. The normalized spacial score (nSPS) is 35.3. The van der Waals surface area contributed by atoms with Gasteiger partial charge in [0.05, 0.1) is 0 Å². The predicted molar refractivity (Wildman–Crippen MR) is 58.8 cm³/mol. The average molecular weight is 183 g/mol. The molecule has 1 saturated carbocycles. The van der Waals surface area contributed by atoms with E-state index in [1.54, 1.807) is 0 Å². The lowest BCUT2D eigenvalue weighted by molar-refractivity contribution is 0.169. The van der Waals surface area contributed by atoms with Crippen molar-refractivity contribution in [2.24, 2.45) is 17.8 Å². The zero-order valence-electron chi connectivity index (χ0n) is 9.71. The van der Waals surface area contributed by atoms with E-state index in [2.05, 4.69) is 32.8 Å². The van der Waals surface area contributed by atoms with Crippen molar-refractivity contribution >= 4 is 0 Å². The van der Waals surface area contributed by atoms with Crippen LogP contribution in [0.3, 0.4) is 0 Å².